The average Bonchev–Trinajstić information content (AvgIpc) is 3.37. The normalized spacial score (nSPS) is 20.2. The van der Waals surface area contributed by atoms with Crippen LogP contribution in [0.5, 0.6) is 0 Å². The second-order valence-corrected chi connectivity index (χ2v) is 9.38. The molecule has 1 unspecified atom stereocenters. The third-order valence-electron chi connectivity index (χ3n) is 5.61. The molecule has 9 nitrogen and oxygen atoms in total. The molecule has 1 aromatic rings. The molecule has 0 aliphatic carbocycles. The van der Waals surface area contributed by atoms with Gasteiger partial charge in [0, 0.05) is 38.3 Å². The van der Waals surface area contributed by atoms with Crippen molar-refractivity contribution in [3.8, 4) is 0 Å². The summed E-state index contributed by atoms with van der Waals surface area (Å²) < 4.78 is 21.8. The van der Waals surface area contributed by atoms with Gasteiger partial charge in [-0.15, -0.1) is 0 Å². The standard InChI is InChI=1S/C24H37N3O6/c1-24(2,3)33-23(29)27-17-20-15-21(27)16-26(20)10-12-31-14-13-30-11-9-25-22(28)32-18-19-7-5-4-6-8-19/h4-8,20-21H,9-18H2,1-3H3,(H,25,28)/t20-,21?/m0/s1. The van der Waals surface area contributed by atoms with Crippen LogP contribution in [0.25, 0.3) is 0 Å². The fourth-order valence-electron chi connectivity index (χ4n) is 4.07. The number of fused-ring (bicyclic) bond motifs is 2. The number of hydrogen-bond acceptors (Lipinski definition) is 7. The van der Waals surface area contributed by atoms with Crippen molar-refractivity contribution in [2.45, 2.75) is 51.5 Å². The molecule has 1 N–H and O–H groups in total. The fraction of sp³-hybridized carbons (Fsp3) is 0.667. The van der Waals surface area contributed by atoms with Gasteiger partial charge in [-0.2, -0.15) is 0 Å². The molecule has 2 fully saturated rings. The quantitative estimate of drug-likeness (QED) is 0.505. The molecule has 33 heavy (non-hydrogen) atoms. The molecule has 2 saturated heterocycles. The molecule has 0 aromatic heterocycles. The minimum Gasteiger partial charge on any atom is -0.445 e. The first-order valence-electron chi connectivity index (χ1n) is 11.7. The molecule has 2 bridgehead atoms. The van der Waals surface area contributed by atoms with Crippen molar-refractivity contribution in [1.82, 2.24) is 15.1 Å². The number of ether oxygens (including phenoxy) is 4. The molecule has 2 atom stereocenters. The van der Waals surface area contributed by atoms with Crippen molar-refractivity contribution >= 4 is 12.2 Å². The number of alkyl carbamates (subject to hydrolysis) is 1. The summed E-state index contributed by atoms with van der Waals surface area (Å²) in [6, 6.07) is 10.2. The van der Waals surface area contributed by atoms with Crippen LogP contribution in [0.15, 0.2) is 30.3 Å². The van der Waals surface area contributed by atoms with Crippen LogP contribution in [0.4, 0.5) is 9.59 Å². The predicted octanol–water partition coefficient (Wildman–Crippen LogP) is 2.64. The van der Waals surface area contributed by atoms with E-state index in [0.29, 0.717) is 39.0 Å². The summed E-state index contributed by atoms with van der Waals surface area (Å²) >= 11 is 0. The first-order valence-corrected chi connectivity index (χ1v) is 11.7. The third-order valence-corrected chi connectivity index (χ3v) is 5.61. The Hall–Kier alpha value is -2.36. The number of carbonyl (C=O) groups excluding carboxylic acids is 2. The minimum atomic E-state index is -0.462. The maximum Gasteiger partial charge on any atom is 0.410 e. The van der Waals surface area contributed by atoms with Crippen molar-refractivity contribution in [2.75, 3.05) is 52.6 Å². The van der Waals surface area contributed by atoms with E-state index < -0.39 is 11.7 Å². The van der Waals surface area contributed by atoms with Crippen LogP contribution in [0.1, 0.15) is 32.8 Å². The Bertz CT molecular complexity index is 754. The molecule has 0 saturated carbocycles. The van der Waals surface area contributed by atoms with Crippen LogP contribution in [0, 0.1) is 0 Å². The van der Waals surface area contributed by atoms with Gasteiger partial charge in [-0.3, -0.25) is 4.90 Å². The van der Waals surface area contributed by atoms with Gasteiger partial charge in [-0.1, -0.05) is 30.3 Å². The highest BCUT2D eigenvalue weighted by atomic mass is 16.6. The number of nitrogens with zero attached hydrogens (tertiary/aromatic N) is 2. The highest BCUT2D eigenvalue weighted by molar-refractivity contribution is 5.69. The van der Waals surface area contributed by atoms with E-state index >= 15 is 0 Å². The molecule has 2 aliphatic rings. The van der Waals surface area contributed by atoms with Crippen molar-refractivity contribution < 1.29 is 28.5 Å². The monoisotopic (exact) mass is 463 g/mol. The minimum absolute atomic E-state index is 0.206. The zero-order chi connectivity index (χ0) is 23.7. The highest BCUT2D eigenvalue weighted by Gasteiger charge is 2.46. The van der Waals surface area contributed by atoms with Crippen LogP contribution < -0.4 is 5.32 Å². The number of benzene rings is 1. The fourth-order valence-corrected chi connectivity index (χ4v) is 4.07. The van der Waals surface area contributed by atoms with Gasteiger partial charge in [0.05, 0.1) is 26.4 Å². The number of rotatable bonds is 11. The zero-order valence-electron chi connectivity index (χ0n) is 20.0. The predicted molar refractivity (Wildman–Crippen MR) is 123 cm³/mol. The van der Waals surface area contributed by atoms with Crippen LogP contribution in [0.2, 0.25) is 0 Å². The van der Waals surface area contributed by atoms with Crippen molar-refractivity contribution in [1.29, 1.82) is 0 Å². The van der Waals surface area contributed by atoms with Gasteiger partial charge in [-0.25, -0.2) is 9.59 Å². The lowest BCUT2D eigenvalue weighted by Crippen LogP contribution is -2.50. The van der Waals surface area contributed by atoms with Gasteiger partial charge < -0.3 is 29.2 Å². The van der Waals surface area contributed by atoms with Gasteiger partial charge in [0.1, 0.15) is 12.2 Å². The second-order valence-electron chi connectivity index (χ2n) is 9.38. The average molecular weight is 464 g/mol. The van der Waals surface area contributed by atoms with Gasteiger partial charge in [0.25, 0.3) is 0 Å². The summed E-state index contributed by atoms with van der Waals surface area (Å²) in [7, 11) is 0. The summed E-state index contributed by atoms with van der Waals surface area (Å²) in [5, 5.41) is 2.66. The number of likely N-dealkylation sites (tertiary alicyclic amines) is 2. The summed E-state index contributed by atoms with van der Waals surface area (Å²) in [5.41, 5.74) is 0.485. The van der Waals surface area contributed by atoms with E-state index in [4.69, 9.17) is 18.9 Å². The molecule has 1 aromatic carbocycles. The van der Waals surface area contributed by atoms with Crippen LogP contribution in [-0.4, -0.2) is 92.3 Å². The smallest absolute Gasteiger partial charge is 0.410 e. The highest BCUT2D eigenvalue weighted by Crippen LogP contribution is 2.31. The van der Waals surface area contributed by atoms with E-state index in [1.807, 2.05) is 56.0 Å². The van der Waals surface area contributed by atoms with Gasteiger partial charge in [0.15, 0.2) is 0 Å². The molecule has 0 spiro atoms. The molecule has 184 valence electrons. The number of nitrogens with one attached hydrogen (secondary N) is 1. The van der Waals surface area contributed by atoms with E-state index in [0.717, 1.165) is 31.6 Å². The number of piperazine rings is 1. The maximum atomic E-state index is 12.3. The van der Waals surface area contributed by atoms with E-state index in [9.17, 15) is 9.59 Å². The lowest BCUT2D eigenvalue weighted by Gasteiger charge is -2.35. The largest absolute Gasteiger partial charge is 0.445 e. The summed E-state index contributed by atoms with van der Waals surface area (Å²) in [4.78, 5) is 28.2. The van der Waals surface area contributed by atoms with Crippen molar-refractivity contribution in [3.63, 3.8) is 0 Å². The van der Waals surface area contributed by atoms with E-state index in [2.05, 4.69) is 10.2 Å². The summed E-state index contributed by atoms with van der Waals surface area (Å²) in [6.07, 6.45) is 0.342. The van der Waals surface area contributed by atoms with Gasteiger partial charge in [-0.05, 0) is 32.8 Å². The van der Waals surface area contributed by atoms with Crippen molar-refractivity contribution in [3.05, 3.63) is 35.9 Å². The summed E-state index contributed by atoms with van der Waals surface area (Å²) in [5.74, 6) is 0. The first kappa shape index (κ1) is 25.3. The molecule has 9 heteroatoms. The van der Waals surface area contributed by atoms with Crippen molar-refractivity contribution in [2.24, 2.45) is 0 Å². The Kier molecular flexibility index (Phi) is 9.34. The Labute approximate surface area is 196 Å². The molecule has 2 heterocycles. The molecule has 2 amide bonds. The van der Waals surface area contributed by atoms with E-state index in [1.165, 1.54) is 0 Å². The van der Waals surface area contributed by atoms with E-state index in [-0.39, 0.29) is 18.7 Å². The van der Waals surface area contributed by atoms with Gasteiger partial charge in [0.2, 0.25) is 0 Å². The van der Waals surface area contributed by atoms with E-state index in [1.54, 1.807) is 0 Å². The molecular formula is C24H37N3O6. The van der Waals surface area contributed by atoms with Crippen LogP contribution in [0.3, 0.4) is 0 Å². The Morgan fingerprint density at radius 3 is 2.39 bits per heavy atom. The second kappa shape index (κ2) is 12.2. The summed E-state index contributed by atoms with van der Waals surface area (Å²) in [6.45, 7) is 10.8. The zero-order valence-corrected chi connectivity index (χ0v) is 20.0. The molecule has 3 rings (SSSR count). The maximum absolute atomic E-state index is 12.3. The lowest BCUT2D eigenvalue weighted by molar-refractivity contribution is 0.00719. The third kappa shape index (κ3) is 8.49. The Balaban J connectivity index is 1.15. The Morgan fingerprint density at radius 2 is 1.73 bits per heavy atom. The SMILES string of the molecule is CC(C)(C)OC(=O)N1C[C@@H]2CC1CN2CCOCCOCCNC(=O)OCc1ccccc1. The molecule has 0 radical (unpaired) electrons. The molecule has 2 aliphatic heterocycles. The van der Waals surface area contributed by atoms with Crippen LogP contribution in [-0.2, 0) is 25.6 Å². The lowest BCUT2D eigenvalue weighted by atomic mass is 10.2. The number of carbonyl (C=O) groups is 2. The Morgan fingerprint density at radius 1 is 1.00 bits per heavy atom. The molecular weight excluding hydrogens is 426 g/mol. The topological polar surface area (TPSA) is 89.6 Å². The van der Waals surface area contributed by atoms with Gasteiger partial charge >= 0.3 is 12.2 Å². The van der Waals surface area contributed by atoms with Crippen LogP contribution >= 0.6 is 0 Å². The number of amides is 2. The number of hydrogen-bond donors (Lipinski definition) is 1. The first-order chi connectivity index (χ1) is 15.8.